The van der Waals surface area contributed by atoms with Crippen LogP contribution in [0.5, 0.6) is 0 Å². The van der Waals surface area contributed by atoms with Crippen LogP contribution in [0.15, 0.2) is 0 Å². The molecule has 0 radical (unpaired) electrons. The molecule has 3 N–H and O–H groups in total. The maximum absolute atomic E-state index is 12.2. The number of fused-ring (bicyclic) bond motifs is 2. The Bertz CT molecular complexity index is 444. The molecular formula is C10H17BrO5S. The molecule has 17 heavy (non-hydrogen) atoms. The molecule has 2 unspecified atom stereocenters. The maximum atomic E-state index is 12.2. The van der Waals surface area contributed by atoms with Crippen LogP contribution in [-0.4, -0.2) is 34.8 Å². The van der Waals surface area contributed by atoms with Gasteiger partial charge in [0.25, 0.3) is 10.1 Å². The molecule has 0 aromatic carbocycles. The highest BCUT2D eigenvalue weighted by Crippen LogP contribution is 2.65. The van der Waals surface area contributed by atoms with Crippen LogP contribution in [0.3, 0.4) is 0 Å². The van der Waals surface area contributed by atoms with Crippen LogP contribution < -0.4 is 0 Å². The van der Waals surface area contributed by atoms with Gasteiger partial charge in [-0.25, -0.2) is 0 Å². The average Bonchev–Trinajstić information content (AvgIpc) is 2.39. The zero-order valence-corrected chi connectivity index (χ0v) is 12.1. The van der Waals surface area contributed by atoms with Gasteiger partial charge in [0.2, 0.25) is 0 Å². The number of ketones is 1. The SMILES string of the molecule is CC1(C)C2CC[C@@]1(CS(=O)(=O)O)C(=O)C2Br.O. The molecule has 2 aliphatic rings. The van der Waals surface area contributed by atoms with Crippen LogP contribution in [0.25, 0.3) is 0 Å². The van der Waals surface area contributed by atoms with Gasteiger partial charge in [0.05, 0.1) is 16.0 Å². The molecule has 0 saturated heterocycles. The number of carbonyl (C=O) groups is 1. The second kappa shape index (κ2) is 4.01. The summed E-state index contributed by atoms with van der Waals surface area (Å²) < 4.78 is 31.2. The van der Waals surface area contributed by atoms with E-state index in [0.717, 1.165) is 6.42 Å². The number of carbonyl (C=O) groups excluding carboxylic acids is 1. The van der Waals surface area contributed by atoms with Gasteiger partial charge in [0.15, 0.2) is 5.78 Å². The normalized spacial score (nSPS) is 39.2. The van der Waals surface area contributed by atoms with Crippen molar-refractivity contribution in [2.24, 2.45) is 16.7 Å². The van der Waals surface area contributed by atoms with Gasteiger partial charge in [-0.05, 0) is 24.2 Å². The molecule has 5 nitrogen and oxygen atoms in total. The van der Waals surface area contributed by atoms with Gasteiger partial charge in [0, 0.05) is 0 Å². The van der Waals surface area contributed by atoms with Crippen LogP contribution in [-0.2, 0) is 14.9 Å². The quantitative estimate of drug-likeness (QED) is 0.598. The van der Waals surface area contributed by atoms with E-state index in [1.807, 2.05) is 13.8 Å². The lowest BCUT2D eigenvalue weighted by atomic mass is 9.70. The Hall–Kier alpha value is 0.0200. The van der Waals surface area contributed by atoms with Crippen molar-refractivity contribution >= 4 is 31.8 Å². The lowest BCUT2D eigenvalue weighted by Gasteiger charge is -2.35. The highest BCUT2D eigenvalue weighted by atomic mass is 79.9. The van der Waals surface area contributed by atoms with E-state index in [1.54, 1.807) is 0 Å². The fraction of sp³-hybridized carbons (Fsp3) is 0.900. The van der Waals surface area contributed by atoms with Gasteiger partial charge in [-0.3, -0.25) is 9.35 Å². The first-order valence-electron chi connectivity index (χ1n) is 5.25. The zero-order valence-electron chi connectivity index (χ0n) is 9.73. The summed E-state index contributed by atoms with van der Waals surface area (Å²) in [6.07, 6.45) is 1.40. The van der Waals surface area contributed by atoms with E-state index in [1.165, 1.54) is 0 Å². The van der Waals surface area contributed by atoms with Gasteiger partial charge in [-0.1, -0.05) is 29.8 Å². The third-order valence-corrected chi connectivity index (χ3v) is 6.46. The van der Waals surface area contributed by atoms with Crippen LogP contribution in [0, 0.1) is 16.7 Å². The Balaban J connectivity index is 0.00000144. The number of halogens is 1. The van der Waals surface area contributed by atoms with Crippen molar-refractivity contribution < 1.29 is 23.2 Å². The summed E-state index contributed by atoms with van der Waals surface area (Å²) >= 11 is 3.35. The van der Waals surface area contributed by atoms with Gasteiger partial charge in [-0.2, -0.15) is 8.42 Å². The van der Waals surface area contributed by atoms with E-state index < -0.39 is 21.3 Å². The first-order valence-corrected chi connectivity index (χ1v) is 7.78. The summed E-state index contributed by atoms with van der Waals surface area (Å²) in [5.74, 6) is -0.335. The van der Waals surface area contributed by atoms with E-state index in [2.05, 4.69) is 15.9 Å². The number of hydrogen-bond donors (Lipinski definition) is 1. The molecule has 2 saturated carbocycles. The molecule has 0 aromatic rings. The molecule has 100 valence electrons. The van der Waals surface area contributed by atoms with Crippen molar-refractivity contribution in [1.82, 2.24) is 0 Å². The summed E-state index contributed by atoms with van der Waals surface area (Å²) in [5.41, 5.74) is -1.27. The molecule has 3 atom stereocenters. The van der Waals surface area contributed by atoms with Gasteiger partial charge >= 0.3 is 0 Å². The zero-order chi connectivity index (χ0) is 12.4. The summed E-state index contributed by atoms with van der Waals surface area (Å²) in [5, 5.41) is 0. The first-order chi connectivity index (χ1) is 7.12. The minimum atomic E-state index is -4.12. The van der Waals surface area contributed by atoms with Crippen molar-refractivity contribution in [2.75, 3.05) is 5.75 Å². The lowest BCUT2D eigenvalue weighted by molar-refractivity contribution is -0.127. The summed E-state index contributed by atoms with van der Waals surface area (Å²) in [7, 11) is -4.12. The third kappa shape index (κ3) is 1.87. The van der Waals surface area contributed by atoms with Crippen molar-refractivity contribution in [3.05, 3.63) is 0 Å². The van der Waals surface area contributed by atoms with Gasteiger partial charge < -0.3 is 5.48 Å². The molecule has 2 aliphatic carbocycles. The molecule has 2 rings (SSSR count). The topological polar surface area (TPSA) is 103 Å². The smallest absolute Gasteiger partial charge is 0.265 e. The fourth-order valence-electron chi connectivity index (χ4n) is 3.48. The van der Waals surface area contributed by atoms with Crippen molar-refractivity contribution in [1.29, 1.82) is 0 Å². The Kier molecular flexibility index (Phi) is 3.56. The second-order valence-electron chi connectivity index (χ2n) is 5.44. The number of alkyl halides is 1. The molecule has 0 spiro atoms. The van der Waals surface area contributed by atoms with Gasteiger partial charge in [-0.15, -0.1) is 0 Å². The minimum Gasteiger partial charge on any atom is -0.412 e. The Morgan fingerprint density at radius 1 is 1.47 bits per heavy atom. The molecular weight excluding hydrogens is 312 g/mol. The van der Waals surface area contributed by atoms with Crippen molar-refractivity contribution in [2.45, 2.75) is 31.5 Å². The molecule has 2 fully saturated rings. The van der Waals surface area contributed by atoms with E-state index in [4.69, 9.17) is 4.55 Å². The average molecular weight is 329 g/mol. The Morgan fingerprint density at radius 3 is 2.35 bits per heavy atom. The predicted octanol–water partition coefficient (Wildman–Crippen LogP) is 0.818. The van der Waals surface area contributed by atoms with Crippen LogP contribution >= 0.6 is 15.9 Å². The number of hydrogen-bond acceptors (Lipinski definition) is 3. The lowest BCUT2D eigenvalue weighted by Crippen LogP contribution is -2.43. The highest BCUT2D eigenvalue weighted by Gasteiger charge is 2.69. The summed E-state index contributed by atoms with van der Waals surface area (Å²) in [4.78, 5) is 11.9. The molecule has 2 bridgehead atoms. The van der Waals surface area contributed by atoms with Crippen LogP contribution in [0.4, 0.5) is 0 Å². The molecule has 7 heteroatoms. The second-order valence-corrected chi connectivity index (χ2v) is 7.88. The standard InChI is InChI=1S/C10H15BrO4S.H2O/c1-9(2)6-3-4-10(9,5-16(13,14)15)8(12)7(6)11;/h6-7H,3-5H2,1-2H3,(H,13,14,15);1H2/t6?,7?,10-;/m1./s1. The highest BCUT2D eigenvalue weighted by molar-refractivity contribution is 9.10. The Labute approximate surface area is 109 Å². The Morgan fingerprint density at radius 2 is 2.00 bits per heavy atom. The van der Waals surface area contributed by atoms with Crippen molar-refractivity contribution in [3.8, 4) is 0 Å². The predicted molar refractivity (Wildman–Crippen MR) is 66.7 cm³/mol. The number of Topliss-reactive ketones (excluding diaryl/α,β-unsaturated/α-hetero) is 1. The first kappa shape index (κ1) is 15.1. The van der Waals surface area contributed by atoms with E-state index in [-0.39, 0.29) is 27.4 Å². The molecule has 0 heterocycles. The van der Waals surface area contributed by atoms with Crippen LogP contribution in [0.1, 0.15) is 26.7 Å². The van der Waals surface area contributed by atoms with Gasteiger partial charge in [0.1, 0.15) is 0 Å². The minimum absolute atomic E-state index is 0. The van der Waals surface area contributed by atoms with Crippen molar-refractivity contribution in [3.63, 3.8) is 0 Å². The summed E-state index contributed by atoms with van der Waals surface area (Å²) in [6.45, 7) is 3.85. The largest absolute Gasteiger partial charge is 0.412 e. The fourth-order valence-corrected chi connectivity index (χ4v) is 6.12. The molecule has 0 amide bonds. The molecule has 0 aromatic heterocycles. The number of rotatable bonds is 2. The molecule has 0 aliphatic heterocycles. The third-order valence-electron chi connectivity index (χ3n) is 4.55. The van der Waals surface area contributed by atoms with E-state index in [0.29, 0.717) is 6.42 Å². The van der Waals surface area contributed by atoms with E-state index >= 15 is 0 Å². The van der Waals surface area contributed by atoms with E-state index in [9.17, 15) is 13.2 Å². The summed E-state index contributed by atoms with van der Waals surface area (Å²) in [6, 6.07) is 0. The maximum Gasteiger partial charge on any atom is 0.265 e. The monoisotopic (exact) mass is 328 g/mol. The van der Waals surface area contributed by atoms with Crippen LogP contribution in [0.2, 0.25) is 0 Å².